The number of fused-ring (bicyclic) bond motifs is 1. The zero-order chi connectivity index (χ0) is 21.6. The number of halogens is 1. The molecular weight excluding hydrogens is 414 g/mol. The number of carbonyl (C=O) groups excluding carboxylic acids is 1. The van der Waals surface area contributed by atoms with Gasteiger partial charge in [0.15, 0.2) is 5.82 Å². The Labute approximate surface area is 183 Å². The number of phenols is 1. The minimum absolute atomic E-state index is 0.154. The molecule has 0 saturated carbocycles. The van der Waals surface area contributed by atoms with Crippen molar-refractivity contribution in [2.45, 2.75) is 0 Å². The molecule has 1 heterocycles. The number of nitrogens with one attached hydrogen (secondary N) is 3. The Hall–Kier alpha value is -4.10. The van der Waals surface area contributed by atoms with Crippen molar-refractivity contribution >= 4 is 52.3 Å². The normalized spacial score (nSPS) is 10.9. The van der Waals surface area contributed by atoms with Crippen LogP contribution >= 0.6 is 11.6 Å². The fourth-order valence-corrected chi connectivity index (χ4v) is 3.05. The van der Waals surface area contributed by atoms with Crippen LogP contribution in [0, 0.1) is 0 Å². The van der Waals surface area contributed by atoms with Crippen LogP contribution in [0.4, 0.5) is 16.3 Å². The van der Waals surface area contributed by atoms with Gasteiger partial charge in [0.05, 0.1) is 11.0 Å². The first-order valence-corrected chi connectivity index (χ1v) is 9.78. The second kappa shape index (κ2) is 9.15. The number of aromatic hydroxyl groups is 1. The van der Waals surface area contributed by atoms with Crippen molar-refractivity contribution in [1.82, 2.24) is 15.4 Å². The highest BCUT2D eigenvalue weighted by Gasteiger charge is 2.09. The Morgan fingerprint density at radius 2 is 1.65 bits per heavy atom. The van der Waals surface area contributed by atoms with Gasteiger partial charge in [0, 0.05) is 16.3 Å². The highest BCUT2D eigenvalue weighted by Crippen LogP contribution is 2.22. The maximum absolute atomic E-state index is 12.3. The minimum atomic E-state index is -0.493. The number of urea groups is 1. The van der Waals surface area contributed by atoms with Gasteiger partial charge in [-0.1, -0.05) is 48.0 Å². The summed E-state index contributed by atoms with van der Waals surface area (Å²) in [5.41, 5.74) is 8.41. The van der Waals surface area contributed by atoms with Crippen LogP contribution in [0.2, 0.25) is 5.02 Å². The number of nitrogens with zero attached hydrogens (tertiary/aromatic N) is 2. The molecule has 0 bridgehead atoms. The van der Waals surface area contributed by atoms with E-state index in [1.165, 1.54) is 0 Å². The predicted molar refractivity (Wildman–Crippen MR) is 124 cm³/mol. The van der Waals surface area contributed by atoms with Gasteiger partial charge in [0.25, 0.3) is 0 Å². The van der Waals surface area contributed by atoms with Crippen molar-refractivity contribution in [3.63, 3.8) is 0 Å². The lowest BCUT2D eigenvalue weighted by Gasteiger charge is -2.12. The second-order valence-corrected chi connectivity index (χ2v) is 6.99. The van der Waals surface area contributed by atoms with Crippen molar-refractivity contribution in [3.8, 4) is 5.75 Å². The average molecular weight is 432 g/mol. The molecule has 1 aromatic heterocycles. The van der Waals surface area contributed by atoms with E-state index in [9.17, 15) is 9.90 Å². The van der Waals surface area contributed by atoms with Gasteiger partial charge in [-0.05, 0) is 48.6 Å². The third-order valence-electron chi connectivity index (χ3n) is 4.33. The number of aromatic nitrogens is 2. The van der Waals surface area contributed by atoms with Gasteiger partial charge in [-0.3, -0.25) is 5.43 Å². The van der Waals surface area contributed by atoms with Crippen LogP contribution in [-0.2, 0) is 0 Å². The number of rotatable bonds is 5. The molecule has 0 aliphatic heterocycles. The summed E-state index contributed by atoms with van der Waals surface area (Å²) in [6, 6.07) is 20.7. The van der Waals surface area contributed by atoms with E-state index in [1.54, 1.807) is 54.6 Å². The van der Waals surface area contributed by atoms with Gasteiger partial charge < -0.3 is 10.4 Å². The maximum atomic E-state index is 12.3. The minimum Gasteiger partial charge on any atom is -0.507 e. The first-order chi connectivity index (χ1) is 15.1. The number of phenolic OH excluding ortho intramolecular Hbond substituents is 1. The van der Waals surface area contributed by atoms with Crippen LogP contribution in [0.5, 0.6) is 5.75 Å². The summed E-state index contributed by atoms with van der Waals surface area (Å²) >= 11 is 5.94. The van der Waals surface area contributed by atoms with Gasteiger partial charge in [-0.2, -0.15) is 0 Å². The van der Waals surface area contributed by atoms with E-state index < -0.39 is 6.03 Å². The van der Waals surface area contributed by atoms with E-state index >= 15 is 0 Å². The van der Waals surface area contributed by atoms with E-state index in [0.29, 0.717) is 38.8 Å². The van der Waals surface area contributed by atoms with E-state index in [-0.39, 0.29) is 5.75 Å². The van der Waals surface area contributed by atoms with Crippen molar-refractivity contribution in [2.24, 2.45) is 0 Å². The molecule has 0 spiro atoms. The summed E-state index contributed by atoms with van der Waals surface area (Å²) in [6.45, 7) is 0. The van der Waals surface area contributed by atoms with Gasteiger partial charge in [0.2, 0.25) is 0 Å². The van der Waals surface area contributed by atoms with Gasteiger partial charge in [0.1, 0.15) is 11.4 Å². The van der Waals surface area contributed by atoms with E-state index in [2.05, 4.69) is 26.1 Å². The molecule has 4 N–H and O–H groups in total. The number of hydrazine groups is 1. The Bertz CT molecular complexity index is 1280. The molecule has 7 nitrogen and oxygen atoms in total. The second-order valence-electron chi connectivity index (χ2n) is 6.55. The number of hydrogen-bond donors (Lipinski definition) is 4. The highest BCUT2D eigenvalue weighted by atomic mass is 35.5. The molecule has 31 heavy (non-hydrogen) atoms. The monoisotopic (exact) mass is 431 g/mol. The molecule has 0 aliphatic carbocycles. The van der Waals surface area contributed by atoms with Crippen LogP contribution in [-0.4, -0.2) is 21.1 Å². The molecule has 0 radical (unpaired) electrons. The number of benzene rings is 3. The summed E-state index contributed by atoms with van der Waals surface area (Å²) in [6.07, 6.45) is 3.44. The standard InChI is InChI=1S/C23H18ClN5O2/c24-16-7-5-8-17(14-16)25-23(31)29-28-22-20(13-12-15-6-1-4-11-21(15)30)26-18-9-2-3-10-19(18)27-22/h1-14,30H,(H,27,28)(H2,25,29,31)/b13-12+. The van der Waals surface area contributed by atoms with Gasteiger partial charge in [-0.15, -0.1) is 0 Å². The fraction of sp³-hybridized carbons (Fsp3) is 0. The fourth-order valence-electron chi connectivity index (χ4n) is 2.86. The van der Waals surface area contributed by atoms with Crippen LogP contribution in [0.15, 0.2) is 72.8 Å². The zero-order valence-corrected chi connectivity index (χ0v) is 17.0. The number of para-hydroxylation sites is 3. The Morgan fingerprint density at radius 1 is 0.903 bits per heavy atom. The summed E-state index contributed by atoms with van der Waals surface area (Å²) in [5.74, 6) is 0.507. The molecule has 0 aliphatic rings. The summed E-state index contributed by atoms with van der Waals surface area (Å²) in [7, 11) is 0. The van der Waals surface area contributed by atoms with Crippen molar-refractivity contribution in [2.75, 3.05) is 10.7 Å². The third kappa shape index (κ3) is 5.09. The van der Waals surface area contributed by atoms with Gasteiger partial charge in [-0.25, -0.2) is 20.2 Å². The Balaban J connectivity index is 1.57. The molecule has 2 amide bonds. The molecule has 4 rings (SSSR count). The molecule has 154 valence electrons. The van der Waals surface area contributed by atoms with Crippen LogP contribution in [0.25, 0.3) is 23.2 Å². The van der Waals surface area contributed by atoms with Crippen LogP contribution < -0.4 is 16.2 Å². The van der Waals surface area contributed by atoms with Crippen molar-refractivity contribution < 1.29 is 9.90 Å². The smallest absolute Gasteiger partial charge is 0.337 e. The van der Waals surface area contributed by atoms with Crippen LogP contribution in [0.3, 0.4) is 0 Å². The SMILES string of the molecule is O=C(NNc1nc2ccccc2nc1/C=C/c1ccccc1O)Nc1cccc(Cl)c1. The lowest BCUT2D eigenvalue weighted by Crippen LogP contribution is -2.34. The number of amides is 2. The summed E-state index contributed by atoms with van der Waals surface area (Å²) < 4.78 is 0. The highest BCUT2D eigenvalue weighted by molar-refractivity contribution is 6.30. The largest absolute Gasteiger partial charge is 0.507 e. The van der Waals surface area contributed by atoms with Crippen LogP contribution in [0.1, 0.15) is 11.3 Å². The molecule has 0 atom stereocenters. The average Bonchev–Trinajstić information content (AvgIpc) is 2.77. The van der Waals surface area contributed by atoms with Crippen molar-refractivity contribution in [1.29, 1.82) is 0 Å². The molecule has 4 aromatic rings. The van der Waals surface area contributed by atoms with Gasteiger partial charge >= 0.3 is 6.03 Å². The molecule has 3 aromatic carbocycles. The number of hydrogen-bond acceptors (Lipinski definition) is 5. The topological polar surface area (TPSA) is 99.2 Å². The first-order valence-electron chi connectivity index (χ1n) is 9.40. The maximum Gasteiger partial charge on any atom is 0.337 e. The lowest BCUT2D eigenvalue weighted by molar-refractivity contribution is 0.254. The Morgan fingerprint density at radius 3 is 2.42 bits per heavy atom. The van der Waals surface area contributed by atoms with E-state index in [0.717, 1.165) is 0 Å². The molecule has 0 fully saturated rings. The quantitative estimate of drug-likeness (QED) is 0.321. The lowest BCUT2D eigenvalue weighted by atomic mass is 10.1. The zero-order valence-electron chi connectivity index (χ0n) is 16.2. The van der Waals surface area contributed by atoms with Crippen molar-refractivity contribution in [3.05, 3.63) is 89.1 Å². The van der Waals surface area contributed by atoms with E-state index in [4.69, 9.17) is 11.6 Å². The summed E-state index contributed by atoms with van der Waals surface area (Å²) in [5, 5.41) is 13.2. The molecule has 0 saturated heterocycles. The first kappa shape index (κ1) is 20.2. The predicted octanol–water partition coefficient (Wildman–Crippen LogP) is 5.31. The molecule has 0 unspecified atom stereocenters. The Kier molecular flexibility index (Phi) is 5.96. The molecule has 8 heteroatoms. The van der Waals surface area contributed by atoms with E-state index in [1.807, 2.05) is 30.3 Å². The molecular formula is C23H18ClN5O2. The number of carbonyl (C=O) groups is 1. The summed E-state index contributed by atoms with van der Waals surface area (Å²) in [4.78, 5) is 21.4. The number of anilines is 2. The third-order valence-corrected chi connectivity index (χ3v) is 4.57.